The maximum absolute atomic E-state index is 13.2. The van der Waals surface area contributed by atoms with Gasteiger partial charge in [0.05, 0.1) is 5.56 Å². The second kappa shape index (κ2) is 6.90. The van der Waals surface area contributed by atoms with Crippen LogP contribution in [0.4, 0.5) is 20.4 Å². The fourth-order valence-electron chi connectivity index (χ4n) is 2.75. The van der Waals surface area contributed by atoms with Crippen molar-refractivity contribution < 1.29 is 13.6 Å². The van der Waals surface area contributed by atoms with Crippen molar-refractivity contribution >= 4 is 17.5 Å². The van der Waals surface area contributed by atoms with Crippen LogP contribution in [0.15, 0.2) is 30.6 Å². The van der Waals surface area contributed by atoms with Crippen LogP contribution < -0.4 is 10.2 Å². The summed E-state index contributed by atoms with van der Waals surface area (Å²) in [6, 6.07) is 3.18. The predicted octanol–water partition coefficient (Wildman–Crippen LogP) is 3.24. The zero-order valence-electron chi connectivity index (χ0n) is 13.3. The minimum atomic E-state index is -1.02. The summed E-state index contributed by atoms with van der Waals surface area (Å²) in [5.74, 6) is -1.25. The van der Waals surface area contributed by atoms with E-state index < -0.39 is 17.5 Å². The molecular formula is C17H18F2N4O. The van der Waals surface area contributed by atoms with Crippen molar-refractivity contribution in [3.05, 3.63) is 47.8 Å². The highest BCUT2D eigenvalue weighted by molar-refractivity contribution is 6.03. The van der Waals surface area contributed by atoms with Crippen LogP contribution in [0.25, 0.3) is 0 Å². The van der Waals surface area contributed by atoms with E-state index in [-0.39, 0.29) is 11.3 Å². The number of amides is 1. The number of hydrogen-bond acceptors (Lipinski definition) is 4. The second-order valence-corrected chi connectivity index (χ2v) is 6.05. The van der Waals surface area contributed by atoms with Gasteiger partial charge in [-0.2, -0.15) is 0 Å². The van der Waals surface area contributed by atoms with Gasteiger partial charge >= 0.3 is 0 Å². The summed E-state index contributed by atoms with van der Waals surface area (Å²) in [4.78, 5) is 22.7. The smallest absolute Gasteiger partial charge is 0.258 e. The van der Waals surface area contributed by atoms with Gasteiger partial charge in [0.15, 0.2) is 11.6 Å². The number of nitrogens with zero attached hydrogens (tertiary/aromatic N) is 3. The number of carbonyl (C=O) groups is 1. The second-order valence-electron chi connectivity index (χ2n) is 6.05. The fourth-order valence-corrected chi connectivity index (χ4v) is 2.75. The van der Waals surface area contributed by atoms with Crippen LogP contribution >= 0.6 is 0 Å². The molecule has 126 valence electrons. The number of carbonyl (C=O) groups excluding carboxylic acids is 1. The first kappa shape index (κ1) is 16.3. The third-order valence-corrected chi connectivity index (χ3v) is 4.02. The van der Waals surface area contributed by atoms with E-state index in [1.54, 1.807) is 0 Å². The number of nitrogens with one attached hydrogen (secondary N) is 1. The van der Waals surface area contributed by atoms with Crippen molar-refractivity contribution in [2.24, 2.45) is 5.92 Å². The molecule has 2 aromatic rings. The van der Waals surface area contributed by atoms with E-state index in [4.69, 9.17) is 0 Å². The lowest BCUT2D eigenvalue weighted by Crippen LogP contribution is -2.35. The van der Waals surface area contributed by atoms with E-state index >= 15 is 0 Å². The zero-order valence-corrected chi connectivity index (χ0v) is 13.3. The highest BCUT2D eigenvalue weighted by Gasteiger charge is 2.19. The van der Waals surface area contributed by atoms with Gasteiger partial charge in [0.25, 0.3) is 5.91 Å². The Morgan fingerprint density at radius 3 is 2.67 bits per heavy atom. The minimum Gasteiger partial charge on any atom is -0.341 e. The molecule has 1 aliphatic heterocycles. The van der Waals surface area contributed by atoms with Crippen LogP contribution in [0.1, 0.15) is 30.1 Å². The third-order valence-electron chi connectivity index (χ3n) is 4.02. The van der Waals surface area contributed by atoms with E-state index in [1.807, 2.05) is 0 Å². The Morgan fingerprint density at radius 1 is 1.25 bits per heavy atom. The molecule has 0 aliphatic carbocycles. The van der Waals surface area contributed by atoms with Gasteiger partial charge in [-0.15, -0.1) is 0 Å². The Kier molecular flexibility index (Phi) is 4.69. The average Bonchev–Trinajstić information content (AvgIpc) is 2.58. The number of benzene rings is 1. The van der Waals surface area contributed by atoms with E-state index in [1.165, 1.54) is 24.9 Å². The van der Waals surface area contributed by atoms with Crippen molar-refractivity contribution in [1.29, 1.82) is 0 Å². The summed E-state index contributed by atoms with van der Waals surface area (Å²) in [6.45, 7) is 4.00. The monoisotopic (exact) mass is 332 g/mol. The Bertz CT molecular complexity index is 736. The Labute approximate surface area is 138 Å². The third kappa shape index (κ3) is 3.67. The number of hydrogen-bond donors (Lipinski definition) is 1. The minimum absolute atomic E-state index is 0.174. The molecule has 1 saturated heterocycles. The number of halogens is 2. The first-order valence-electron chi connectivity index (χ1n) is 7.86. The van der Waals surface area contributed by atoms with E-state index in [0.29, 0.717) is 11.9 Å². The summed E-state index contributed by atoms with van der Waals surface area (Å²) in [5.41, 5.74) is 0.432. The maximum Gasteiger partial charge on any atom is 0.258 e. The molecule has 1 atom stereocenters. The van der Waals surface area contributed by atoms with Crippen LogP contribution in [0.3, 0.4) is 0 Å². The normalized spacial score (nSPS) is 17.6. The lowest BCUT2D eigenvalue weighted by Gasteiger charge is -2.30. The fraction of sp³-hybridized carbons (Fsp3) is 0.353. The molecule has 1 aromatic heterocycles. The van der Waals surface area contributed by atoms with Crippen LogP contribution in [0.5, 0.6) is 0 Å². The predicted molar refractivity (Wildman–Crippen MR) is 87.0 cm³/mol. The molecule has 0 radical (unpaired) electrons. The van der Waals surface area contributed by atoms with Gasteiger partial charge < -0.3 is 10.2 Å². The van der Waals surface area contributed by atoms with E-state index in [2.05, 4.69) is 27.1 Å². The molecular weight excluding hydrogens is 314 g/mol. The molecule has 1 N–H and O–H groups in total. The number of aromatic nitrogens is 2. The van der Waals surface area contributed by atoms with Gasteiger partial charge in [0.2, 0.25) is 5.95 Å². The molecule has 24 heavy (non-hydrogen) atoms. The van der Waals surface area contributed by atoms with Crippen molar-refractivity contribution in [3.63, 3.8) is 0 Å². The summed E-state index contributed by atoms with van der Waals surface area (Å²) in [5, 5.41) is 2.49. The molecule has 0 spiro atoms. The van der Waals surface area contributed by atoms with Crippen molar-refractivity contribution in [3.8, 4) is 0 Å². The van der Waals surface area contributed by atoms with Gasteiger partial charge in [0, 0.05) is 37.2 Å². The molecule has 3 rings (SSSR count). The van der Waals surface area contributed by atoms with E-state index in [0.717, 1.165) is 31.6 Å². The Morgan fingerprint density at radius 2 is 2.00 bits per heavy atom. The van der Waals surface area contributed by atoms with Gasteiger partial charge in [-0.25, -0.2) is 18.7 Å². The highest BCUT2D eigenvalue weighted by Crippen LogP contribution is 2.20. The van der Waals surface area contributed by atoms with Crippen molar-refractivity contribution in [2.75, 3.05) is 23.3 Å². The first-order chi connectivity index (χ1) is 11.5. The van der Waals surface area contributed by atoms with Gasteiger partial charge in [-0.1, -0.05) is 6.92 Å². The van der Waals surface area contributed by atoms with E-state index in [9.17, 15) is 13.6 Å². The summed E-state index contributed by atoms with van der Waals surface area (Å²) in [7, 11) is 0. The largest absolute Gasteiger partial charge is 0.341 e. The van der Waals surface area contributed by atoms with Gasteiger partial charge in [-0.05, 0) is 30.9 Å². The highest BCUT2D eigenvalue weighted by atomic mass is 19.2. The molecule has 0 saturated carbocycles. The van der Waals surface area contributed by atoms with Crippen molar-refractivity contribution in [2.45, 2.75) is 19.8 Å². The standard InChI is InChI=1S/C17H18F2N4O/c1-11-3-2-6-23(10-11)17-20-8-12(9-21-17)16(24)22-13-4-5-14(18)15(19)7-13/h4-5,7-9,11H,2-3,6,10H2,1H3,(H,22,24). The number of piperidine rings is 1. The van der Waals surface area contributed by atoms with Crippen molar-refractivity contribution in [1.82, 2.24) is 9.97 Å². The van der Waals surface area contributed by atoms with Gasteiger partial charge in [-0.3, -0.25) is 4.79 Å². The Balaban J connectivity index is 1.68. The molecule has 5 nitrogen and oxygen atoms in total. The van der Waals surface area contributed by atoms with Gasteiger partial charge in [0.1, 0.15) is 0 Å². The quantitative estimate of drug-likeness (QED) is 0.937. The van der Waals surface area contributed by atoms with Crippen LogP contribution in [0.2, 0.25) is 0 Å². The summed E-state index contributed by atoms with van der Waals surface area (Å²) >= 11 is 0. The Hall–Kier alpha value is -2.57. The summed E-state index contributed by atoms with van der Waals surface area (Å²) < 4.78 is 26.1. The number of anilines is 2. The van der Waals surface area contributed by atoms with Crippen LogP contribution in [-0.4, -0.2) is 29.0 Å². The van der Waals surface area contributed by atoms with Crippen LogP contribution in [-0.2, 0) is 0 Å². The average molecular weight is 332 g/mol. The molecule has 7 heteroatoms. The lowest BCUT2D eigenvalue weighted by molar-refractivity contribution is 0.102. The molecule has 1 aromatic carbocycles. The SMILES string of the molecule is CC1CCCN(c2ncc(C(=O)Nc3ccc(F)c(F)c3)cn2)C1. The maximum atomic E-state index is 13.2. The molecule has 0 bridgehead atoms. The molecule has 2 heterocycles. The molecule has 1 aliphatic rings. The molecule has 1 amide bonds. The molecule has 1 fully saturated rings. The number of rotatable bonds is 3. The van der Waals surface area contributed by atoms with Crippen LogP contribution in [0, 0.1) is 17.6 Å². The summed E-state index contributed by atoms with van der Waals surface area (Å²) in [6.07, 6.45) is 5.18. The molecule has 1 unspecified atom stereocenters. The lowest BCUT2D eigenvalue weighted by atomic mass is 10.0. The zero-order chi connectivity index (χ0) is 17.1. The topological polar surface area (TPSA) is 58.1 Å². The first-order valence-corrected chi connectivity index (χ1v) is 7.86.